The number of pyridine rings is 1. The molecule has 19 heavy (non-hydrogen) atoms. The zero-order chi connectivity index (χ0) is 14.8. The molecule has 1 rings (SSSR count). The van der Waals surface area contributed by atoms with E-state index in [1.54, 1.807) is 6.07 Å². The zero-order valence-corrected chi connectivity index (χ0v) is 10.8. The highest BCUT2D eigenvalue weighted by Gasteiger charge is 2.34. The highest BCUT2D eigenvalue weighted by atomic mass is 19.4. The number of hydrogen-bond donors (Lipinski definition) is 2. The number of aliphatic imine (C=N–C) groups is 1. The molecule has 104 valence electrons. The Hall–Kier alpha value is -1.92. The lowest BCUT2D eigenvalue weighted by atomic mass is 9.87. The van der Waals surface area contributed by atoms with Crippen LogP contribution in [-0.2, 0) is 5.41 Å². The van der Waals surface area contributed by atoms with Crippen LogP contribution in [0.25, 0.3) is 0 Å². The molecule has 0 aliphatic heterocycles. The number of hydrogen-bond acceptors (Lipinski definition) is 2. The van der Waals surface area contributed by atoms with Crippen LogP contribution in [0.2, 0.25) is 0 Å². The van der Waals surface area contributed by atoms with Crippen LogP contribution < -0.4 is 5.73 Å². The molecular weight excluding hydrogens is 257 g/mol. The van der Waals surface area contributed by atoms with Crippen molar-refractivity contribution >= 4 is 11.7 Å². The molecule has 0 aromatic carbocycles. The van der Waals surface area contributed by atoms with E-state index in [1.165, 1.54) is 12.3 Å². The predicted molar refractivity (Wildman–Crippen MR) is 67.4 cm³/mol. The summed E-state index contributed by atoms with van der Waals surface area (Å²) in [6.45, 7) is 5.84. The minimum absolute atomic E-state index is 0.0552. The van der Waals surface area contributed by atoms with E-state index < -0.39 is 17.8 Å². The number of alkyl halides is 3. The minimum Gasteiger partial charge on any atom is -0.380 e. The van der Waals surface area contributed by atoms with Gasteiger partial charge in [-0.25, -0.2) is 4.99 Å². The molecule has 0 aliphatic carbocycles. The number of nitrogens with zero attached hydrogens (tertiary/aromatic N) is 2. The summed E-state index contributed by atoms with van der Waals surface area (Å²) in [6, 6.07) is 3.28. The third-order valence-electron chi connectivity index (χ3n) is 2.39. The average Bonchev–Trinajstić information content (AvgIpc) is 2.26. The Balaban J connectivity index is 3.09. The van der Waals surface area contributed by atoms with Gasteiger partial charge in [0.1, 0.15) is 5.69 Å². The monoisotopic (exact) mass is 272 g/mol. The first-order valence-corrected chi connectivity index (χ1v) is 5.48. The Bertz CT molecular complexity index is 512. The molecule has 1 aromatic heterocycles. The fourth-order valence-electron chi connectivity index (χ4n) is 1.27. The number of aromatic nitrogens is 1. The molecule has 7 heteroatoms. The lowest BCUT2D eigenvalue weighted by Gasteiger charge is -2.19. The zero-order valence-electron chi connectivity index (χ0n) is 10.8. The van der Waals surface area contributed by atoms with Gasteiger partial charge in [0.05, 0.1) is 0 Å². The normalized spacial score (nSPS) is 13.5. The second kappa shape index (κ2) is 4.99. The Labute approximate surface area is 109 Å². The first-order chi connectivity index (χ1) is 8.51. The molecule has 1 heterocycles. The Morgan fingerprint density at radius 1 is 1.32 bits per heavy atom. The maximum atomic E-state index is 12.2. The van der Waals surface area contributed by atoms with Crippen molar-refractivity contribution in [1.82, 2.24) is 4.98 Å². The SMILES string of the molecule is CC(C)(C)c1ccnc(C(=N)N=C(N)C(F)(F)F)c1. The van der Waals surface area contributed by atoms with Gasteiger partial charge < -0.3 is 5.73 Å². The molecule has 0 radical (unpaired) electrons. The molecule has 0 saturated heterocycles. The standard InChI is InChI=1S/C12H15F3N4/c1-11(2,3)7-4-5-18-8(6-7)9(16)19-10(17)12(13,14)15/h4-6H,1-3H3,(H3,16,17,19). The number of nitrogens with two attached hydrogens (primary N) is 1. The van der Waals surface area contributed by atoms with E-state index in [4.69, 9.17) is 11.1 Å². The van der Waals surface area contributed by atoms with Crippen molar-refractivity contribution in [2.75, 3.05) is 0 Å². The molecule has 0 saturated carbocycles. The fraction of sp³-hybridized carbons (Fsp3) is 0.417. The number of nitrogens with one attached hydrogen (secondary N) is 1. The Morgan fingerprint density at radius 3 is 2.37 bits per heavy atom. The molecule has 0 unspecified atom stereocenters. The van der Waals surface area contributed by atoms with Crippen molar-refractivity contribution in [1.29, 1.82) is 5.41 Å². The summed E-state index contributed by atoms with van der Waals surface area (Å²) in [6.07, 6.45) is -3.31. The summed E-state index contributed by atoms with van der Waals surface area (Å²) in [7, 11) is 0. The number of rotatable bonds is 1. The van der Waals surface area contributed by atoms with E-state index in [0.29, 0.717) is 0 Å². The van der Waals surface area contributed by atoms with Crippen LogP contribution in [-0.4, -0.2) is 22.8 Å². The second-order valence-electron chi connectivity index (χ2n) is 5.02. The van der Waals surface area contributed by atoms with Crippen molar-refractivity contribution in [2.24, 2.45) is 10.7 Å². The highest BCUT2D eigenvalue weighted by molar-refractivity contribution is 6.04. The smallest absolute Gasteiger partial charge is 0.380 e. The lowest BCUT2D eigenvalue weighted by Crippen LogP contribution is -2.32. The van der Waals surface area contributed by atoms with E-state index in [0.717, 1.165) is 5.56 Å². The summed E-state index contributed by atoms with van der Waals surface area (Å²) >= 11 is 0. The van der Waals surface area contributed by atoms with E-state index in [9.17, 15) is 13.2 Å². The molecular formula is C12H15F3N4. The van der Waals surface area contributed by atoms with Gasteiger partial charge >= 0.3 is 6.18 Å². The van der Waals surface area contributed by atoms with E-state index in [2.05, 4.69) is 9.98 Å². The highest BCUT2D eigenvalue weighted by Crippen LogP contribution is 2.22. The van der Waals surface area contributed by atoms with Gasteiger partial charge in [-0.05, 0) is 23.1 Å². The molecule has 4 nitrogen and oxygen atoms in total. The number of amidine groups is 2. The van der Waals surface area contributed by atoms with Crippen molar-refractivity contribution in [3.05, 3.63) is 29.6 Å². The summed E-state index contributed by atoms with van der Waals surface area (Å²) in [5, 5.41) is 7.51. The topological polar surface area (TPSA) is 75.1 Å². The summed E-state index contributed by atoms with van der Waals surface area (Å²) in [4.78, 5) is 6.87. The van der Waals surface area contributed by atoms with Crippen LogP contribution in [0.1, 0.15) is 32.0 Å². The third-order valence-corrected chi connectivity index (χ3v) is 2.39. The largest absolute Gasteiger partial charge is 0.449 e. The van der Waals surface area contributed by atoms with Crippen LogP contribution in [0.4, 0.5) is 13.2 Å². The molecule has 0 spiro atoms. The first-order valence-electron chi connectivity index (χ1n) is 5.48. The molecule has 0 atom stereocenters. The predicted octanol–water partition coefficient (Wildman–Crippen LogP) is 2.62. The molecule has 0 aliphatic rings. The summed E-state index contributed by atoms with van der Waals surface area (Å²) in [5.41, 5.74) is 5.48. The van der Waals surface area contributed by atoms with Gasteiger partial charge in [-0.2, -0.15) is 13.2 Å². The van der Waals surface area contributed by atoms with Gasteiger partial charge in [-0.3, -0.25) is 10.4 Å². The quantitative estimate of drug-likeness (QED) is 0.609. The second-order valence-corrected chi connectivity index (χ2v) is 5.02. The summed E-state index contributed by atoms with van der Waals surface area (Å²) < 4.78 is 36.7. The van der Waals surface area contributed by atoms with Crippen LogP contribution in [0.15, 0.2) is 23.3 Å². The number of halogens is 3. The van der Waals surface area contributed by atoms with Crippen LogP contribution in [0.5, 0.6) is 0 Å². The fourth-order valence-corrected chi connectivity index (χ4v) is 1.27. The molecule has 0 bridgehead atoms. The van der Waals surface area contributed by atoms with Crippen molar-refractivity contribution in [3.8, 4) is 0 Å². The van der Waals surface area contributed by atoms with Crippen LogP contribution >= 0.6 is 0 Å². The average molecular weight is 272 g/mol. The van der Waals surface area contributed by atoms with Gasteiger partial charge in [0, 0.05) is 6.20 Å². The van der Waals surface area contributed by atoms with Gasteiger partial charge in [-0.1, -0.05) is 20.8 Å². The van der Waals surface area contributed by atoms with Gasteiger partial charge in [0.15, 0.2) is 5.84 Å². The third kappa shape index (κ3) is 4.04. The maximum absolute atomic E-state index is 12.2. The Morgan fingerprint density at radius 2 is 1.89 bits per heavy atom. The molecule has 0 amide bonds. The van der Waals surface area contributed by atoms with Crippen LogP contribution in [0.3, 0.4) is 0 Å². The maximum Gasteiger partial charge on any atom is 0.449 e. The van der Waals surface area contributed by atoms with Gasteiger partial charge in [-0.15, -0.1) is 0 Å². The van der Waals surface area contributed by atoms with E-state index in [1.807, 2.05) is 20.8 Å². The van der Waals surface area contributed by atoms with Crippen molar-refractivity contribution < 1.29 is 13.2 Å². The van der Waals surface area contributed by atoms with E-state index >= 15 is 0 Å². The minimum atomic E-state index is -4.74. The van der Waals surface area contributed by atoms with Crippen molar-refractivity contribution in [2.45, 2.75) is 32.4 Å². The van der Waals surface area contributed by atoms with Crippen molar-refractivity contribution in [3.63, 3.8) is 0 Å². The molecule has 1 aromatic rings. The lowest BCUT2D eigenvalue weighted by molar-refractivity contribution is -0.0597. The van der Waals surface area contributed by atoms with Crippen LogP contribution in [0, 0.1) is 5.41 Å². The summed E-state index contributed by atoms with van der Waals surface area (Å²) in [5.74, 6) is -2.17. The van der Waals surface area contributed by atoms with E-state index in [-0.39, 0.29) is 11.1 Å². The Kier molecular flexibility index (Phi) is 3.97. The first kappa shape index (κ1) is 15.1. The van der Waals surface area contributed by atoms with Gasteiger partial charge in [0.2, 0.25) is 5.84 Å². The van der Waals surface area contributed by atoms with Gasteiger partial charge in [0.25, 0.3) is 0 Å². The molecule has 0 fully saturated rings. The molecule has 3 N–H and O–H groups in total.